The fourth-order valence-corrected chi connectivity index (χ4v) is 3.89. The number of anilines is 1. The molecule has 0 amide bonds. The summed E-state index contributed by atoms with van der Waals surface area (Å²) in [5, 5.41) is 5.85. The van der Waals surface area contributed by atoms with Gasteiger partial charge in [-0.1, -0.05) is 0 Å². The average molecular weight is 323 g/mol. The Morgan fingerprint density at radius 1 is 1.39 bits per heavy atom. The highest BCUT2D eigenvalue weighted by Gasteiger charge is 2.21. The van der Waals surface area contributed by atoms with E-state index in [0.717, 1.165) is 16.0 Å². The number of aromatic nitrogens is 1. The molecule has 1 aliphatic carbocycles. The van der Waals surface area contributed by atoms with Crippen molar-refractivity contribution in [3.8, 4) is 0 Å². The lowest BCUT2D eigenvalue weighted by molar-refractivity contribution is 0.608. The van der Waals surface area contributed by atoms with Crippen LogP contribution in [0.2, 0.25) is 0 Å². The quantitative estimate of drug-likeness (QED) is 0.810. The van der Waals surface area contributed by atoms with Crippen LogP contribution in [0.3, 0.4) is 0 Å². The molecule has 2 nitrogen and oxygen atoms in total. The van der Waals surface area contributed by atoms with Gasteiger partial charge in [-0.15, -0.1) is 11.3 Å². The van der Waals surface area contributed by atoms with Crippen LogP contribution >= 0.6 is 27.3 Å². The van der Waals surface area contributed by atoms with Gasteiger partial charge in [-0.2, -0.15) is 0 Å². The van der Waals surface area contributed by atoms with Gasteiger partial charge in [0.05, 0.1) is 17.4 Å². The predicted octanol–water partition coefficient (Wildman–Crippen LogP) is 4.70. The number of nitrogens with zero attached hydrogens (tertiary/aromatic N) is 1. The number of pyridine rings is 1. The summed E-state index contributed by atoms with van der Waals surface area (Å²) in [7, 11) is 0. The first-order chi connectivity index (χ1) is 8.74. The Bertz CT molecular complexity index is 565. The Kier molecular flexibility index (Phi) is 3.39. The van der Waals surface area contributed by atoms with E-state index in [1.807, 2.05) is 24.3 Å². The molecule has 1 atom stereocenters. The van der Waals surface area contributed by atoms with E-state index in [2.05, 4.69) is 43.7 Å². The number of aryl methyl sites for hydroxylation is 2. The van der Waals surface area contributed by atoms with Crippen molar-refractivity contribution in [3.05, 3.63) is 44.3 Å². The highest BCUT2D eigenvalue weighted by atomic mass is 79.9. The Balaban J connectivity index is 1.86. The van der Waals surface area contributed by atoms with Gasteiger partial charge in [-0.25, -0.2) is 4.98 Å². The third-order valence-corrected chi connectivity index (χ3v) is 4.87. The standard InChI is InChI=1S/C14H15BrN2S/c1-9-11(5-6-14(15)16-9)17-12-3-2-4-13-10(12)7-8-18-13/h5-8,12,17H,2-4H2,1H3. The SMILES string of the molecule is Cc1nc(Br)ccc1NC1CCCc2sccc21. The largest absolute Gasteiger partial charge is 0.377 e. The number of hydrogen-bond donors (Lipinski definition) is 1. The first kappa shape index (κ1) is 12.2. The number of nitrogens with one attached hydrogen (secondary N) is 1. The van der Waals surface area contributed by atoms with Crippen LogP contribution in [0.4, 0.5) is 5.69 Å². The summed E-state index contributed by atoms with van der Waals surface area (Å²) in [5.41, 5.74) is 3.67. The second-order valence-electron chi connectivity index (χ2n) is 4.66. The van der Waals surface area contributed by atoms with E-state index in [1.165, 1.54) is 24.8 Å². The molecule has 0 aromatic carbocycles. The van der Waals surface area contributed by atoms with Crippen molar-refractivity contribution in [2.75, 3.05) is 5.32 Å². The molecule has 0 aliphatic heterocycles. The maximum atomic E-state index is 4.44. The van der Waals surface area contributed by atoms with Gasteiger partial charge >= 0.3 is 0 Å². The first-order valence-corrected chi connectivity index (χ1v) is 7.87. The predicted molar refractivity (Wildman–Crippen MR) is 80.3 cm³/mol. The maximum absolute atomic E-state index is 4.44. The third kappa shape index (κ3) is 2.31. The molecule has 1 aliphatic rings. The van der Waals surface area contributed by atoms with Crippen LogP contribution in [-0.2, 0) is 6.42 Å². The summed E-state index contributed by atoms with van der Waals surface area (Å²) in [6, 6.07) is 6.81. The molecule has 0 radical (unpaired) electrons. The van der Waals surface area contributed by atoms with Crippen LogP contribution in [0.15, 0.2) is 28.2 Å². The van der Waals surface area contributed by atoms with Gasteiger partial charge in [-0.3, -0.25) is 0 Å². The summed E-state index contributed by atoms with van der Waals surface area (Å²) in [4.78, 5) is 5.98. The monoisotopic (exact) mass is 322 g/mol. The summed E-state index contributed by atoms with van der Waals surface area (Å²) in [6.07, 6.45) is 3.72. The molecule has 2 aromatic rings. The Hall–Kier alpha value is -0.870. The zero-order valence-electron chi connectivity index (χ0n) is 10.2. The number of halogens is 1. The topological polar surface area (TPSA) is 24.9 Å². The molecular weight excluding hydrogens is 308 g/mol. The lowest BCUT2D eigenvalue weighted by atomic mass is 9.94. The summed E-state index contributed by atoms with van der Waals surface area (Å²) in [5.74, 6) is 0. The van der Waals surface area contributed by atoms with E-state index in [9.17, 15) is 0 Å². The van der Waals surface area contributed by atoms with E-state index in [1.54, 1.807) is 4.88 Å². The summed E-state index contributed by atoms with van der Waals surface area (Å²) in [6.45, 7) is 2.05. The number of hydrogen-bond acceptors (Lipinski definition) is 3. The van der Waals surface area contributed by atoms with E-state index in [-0.39, 0.29) is 0 Å². The highest BCUT2D eigenvalue weighted by Crippen LogP contribution is 2.35. The first-order valence-electron chi connectivity index (χ1n) is 6.20. The Morgan fingerprint density at radius 3 is 3.11 bits per heavy atom. The zero-order valence-corrected chi connectivity index (χ0v) is 12.6. The van der Waals surface area contributed by atoms with Gasteiger partial charge in [0.15, 0.2) is 0 Å². The molecule has 1 unspecified atom stereocenters. The van der Waals surface area contributed by atoms with Gasteiger partial charge in [0.2, 0.25) is 0 Å². The van der Waals surface area contributed by atoms with E-state index >= 15 is 0 Å². The summed E-state index contributed by atoms with van der Waals surface area (Å²) >= 11 is 5.29. The molecule has 0 fully saturated rings. The number of rotatable bonds is 2. The fourth-order valence-electron chi connectivity index (χ4n) is 2.51. The fraction of sp³-hybridized carbons (Fsp3) is 0.357. The average Bonchev–Trinajstić information content (AvgIpc) is 2.82. The molecule has 4 heteroatoms. The summed E-state index contributed by atoms with van der Waals surface area (Å²) < 4.78 is 0.894. The third-order valence-electron chi connectivity index (χ3n) is 3.43. The van der Waals surface area contributed by atoms with Crippen molar-refractivity contribution in [2.24, 2.45) is 0 Å². The van der Waals surface area contributed by atoms with Crippen LogP contribution in [0.5, 0.6) is 0 Å². The molecule has 2 heterocycles. The molecule has 0 saturated carbocycles. The van der Waals surface area contributed by atoms with Crippen LogP contribution < -0.4 is 5.32 Å². The van der Waals surface area contributed by atoms with Crippen LogP contribution in [-0.4, -0.2) is 4.98 Å². The molecule has 3 rings (SSSR count). The maximum Gasteiger partial charge on any atom is 0.106 e. The molecule has 2 aromatic heterocycles. The van der Waals surface area contributed by atoms with Crippen molar-refractivity contribution in [2.45, 2.75) is 32.2 Å². The van der Waals surface area contributed by atoms with Gasteiger partial charge < -0.3 is 5.32 Å². The van der Waals surface area contributed by atoms with Gasteiger partial charge in [0, 0.05) is 4.88 Å². The van der Waals surface area contributed by atoms with Crippen molar-refractivity contribution in [1.29, 1.82) is 0 Å². The van der Waals surface area contributed by atoms with Crippen molar-refractivity contribution in [1.82, 2.24) is 4.98 Å². The van der Waals surface area contributed by atoms with Crippen molar-refractivity contribution in [3.63, 3.8) is 0 Å². The van der Waals surface area contributed by atoms with E-state index < -0.39 is 0 Å². The minimum absolute atomic E-state index is 0.446. The molecule has 94 valence electrons. The number of thiophene rings is 1. The lowest BCUT2D eigenvalue weighted by Crippen LogP contribution is -2.16. The highest BCUT2D eigenvalue weighted by molar-refractivity contribution is 9.10. The van der Waals surface area contributed by atoms with Crippen molar-refractivity contribution < 1.29 is 0 Å². The zero-order chi connectivity index (χ0) is 12.5. The molecule has 0 bridgehead atoms. The van der Waals surface area contributed by atoms with Crippen molar-refractivity contribution >= 4 is 33.0 Å². The van der Waals surface area contributed by atoms with Gasteiger partial charge in [0.1, 0.15) is 4.60 Å². The second kappa shape index (κ2) is 5.02. The van der Waals surface area contributed by atoms with Crippen LogP contribution in [0, 0.1) is 6.92 Å². The molecule has 18 heavy (non-hydrogen) atoms. The minimum Gasteiger partial charge on any atom is -0.377 e. The van der Waals surface area contributed by atoms with Gasteiger partial charge in [-0.05, 0) is 71.3 Å². The molecular formula is C14H15BrN2S. The Labute approximate surface area is 120 Å². The second-order valence-corrected chi connectivity index (χ2v) is 6.47. The number of fused-ring (bicyclic) bond motifs is 1. The van der Waals surface area contributed by atoms with E-state index in [4.69, 9.17) is 0 Å². The van der Waals surface area contributed by atoms with Crippen LogP contribution in [0.25, 0.3) is 0 Å². The van der Waals surface area contributed by atoms with E-state index in [0.29, 0.717) is 6.04 Å². The smallest absolute Gasteiger partial charge is 0.106 e. The molecule has 0 spiro atoms. The normalized spacial score (nSPS) is 18.4. The lowest BCUT2D eigenvalue weighted by Gasteiger charge is -2.25. The molecule has 1 N–H and O–H groups in total. The minimum atomic E-state index is 0.446. The van der Waals surface area contributed by atoms with Gasteiger partial charge in [0.25, 0.3) is 0 Å². The molecule has 0 saturated heterocycles. The Morgan fingerprint density at radius 2 is 2.28 bits per heavy atom. The van der Waals surface area contributed by atoms with Crippen LogP contribution in [0.1, 0.15) is 35.0 Å².